The molecule has 134 valence electrons. The molecule has 0 atom stereocenters. The van der Waals surface area contributed by atoms with Crippen LogP contribution in [0.15, 0.2) is 46.8 Å². The van der Waals surface area contributed by atoms with Crippen LogP contribution in [0.3, 0.4) is 0 Å². The summed E-state index contributed by atoms with van der Waals surface area (Å²) >= 11 is 9.45. The summed E-state index contributed by atoms with van der Waals surface area (Å²) in [5, 5.41) is 13.1. The maximum Gasteiger partial charge on any atom is 0.206 e. The highest BCUT2D eigenvalue weighted by atomic mass is 35.5. The molecule has 0 saturated carbocycles. The zero-order chi connectivity index (χ0) is 17.8. The van der Waals surface area contributed by atoms with E-state index in [1.807, 2.05) is 30.3 Å². The summed E-state index contributed by atoms with van der Waals surface area (Å²) in [6.45, 7) is 1.81. The summed E-state index contributed by atoms with van der Waals surface area (Å²) in [6.07, 6.45) is 0. The van der Waals surface area contributed by atoms with Crippen LogP contribution in [0.1, 0.15) is 11.1 Å². The van der Waals surface area contributed by atoms with Crippen LogP contribution < -0.4 is 14.8 Å². The van der Waals surface area contributed by atoms with Gasteiger partial charge in [0.1, 0.15) is 13.2 Å². The number of halogens is 1. The first-order valence-corrected chi connectivity index (χ1v) is 10.3. The first-order valence-electron chi connectivity index (χ1n) is 8.10. The second kappa shape index (κ2) is 8.16. The lowest BCUT2D eigenvalue weighted by molar-refractivity contribution is 0.171. The Morgan fingerprint density at radius 2 is 1.92 bits per heavy atom. The van der Waals surface area contributed by atoms with Crippen molar-refractivity contribution in [1.82, 2.24) is 10.2 Å². The molecule has 26 heavy (non-hydrogen) atoms. The van der Waals surface area contributed by atoms with Gasteiger partial charge in [-0.15, -0.1) is 10.2 Å². The Bertz CT molecular complexity index is 889. The van der Waals surface area contributed by atoms with Crippen LogP contribution in [0.2, 0.25) is 5.02 Å². The van der Waals surface area contributed by atoms with Crippen molar-refractivity contribution < 1.29 is 9.47 Å². The van der Waals surface area contributed by atoms with Crippen LogP contribution in [-0.4, -0.2) is 23.4 Å². The van der Waals surface area contributed by atoms with Gasteiger partial charge in [0, 0.05) is 12.3 Å². The van der Waals surface area contributed by atoms with E-state index in [0.717, 1.165) is 27.3 Å². The van der Waals surface area contributed by atoms with Crippen LogP contribution in [-0.2, 0) is 12.3 Å². The molecule has 5 nitrogen and oxygen atoms in total. The van der Waals surface area contributed by atoms with Crippen molar-refractivity contribution in [3.8, 4) is 11.5 Å². The lowest BCUT2D eigenvalue weighted by Gasteiger charge is -2.20. The largest absolute Gasteiger partial charge is 0.486 e. The quantitative estimate of drug-likeness (QED) is 0.590. The average Bonchev–Trinajstić information content (AvgIpc) is 3.14. The molecular weight excluding hydrogens is 390 g/mol. The van der Waals surface area contributed by atoms with Gasteiger partial charge in [0.25, 0.3) is 0 Å². The van der Waals surface area contributed by atoms with Crippen LogP contribution in [0.5, 0.6) is 11.5 Å². The van der Waals surface area contributed by atoms with Gasteiger partial charge in [-0.1, -0.05) is 65.0 Å². The first kappa shape index (κ1) is 17.5. The Morgan fingerprint density at radius 3 is 2.81 bits per heavy atom. The highest BCUT2D eigenvalue weighted by molar-refractivity contribution is 8.00. The van der Waals surface area contributed by atoms with Crippen LogP contribution >= 0.6 is 34.7 Å². The number of benzene rings is 2. The molecule has 0 unspecified atom stereocenters. The Balaban J connectivity index is 1.35. The minimum Gasteiger partial charge on any atom is -0.486 e. The molecule has 0 bridgehead atoms. The molecule has 8 heteroatoms. The van der Waals surface area contributed by atoms with Crippen molar-refractivity contribution in [3.05, 3.63) is 58.6 Å². The molecule has 0 spiro atoms. The van der Waals surface area contributed by atoms with Gasteiger partial charge in [-0.05, 0) is 23.3 Å². The normalized spacial score (nSPS) is 12.8. The number of ether oxygens (including phenoxy) is 2. The minimum absolute atomic E-state index is 0.532. The fourth-order valence-corrected chi connectivity index (χ4v) is 4.47. The van der Waals surface area contributed by atoms with E-state index in [0.29, 0.717) is 29.7 Å². The Kier molecular flexibility index (Phi) is 5.48. The lowest BCUT2D eigenvalue weighted by Crippen LogP contribution is -2.15. The maximum atomic E-state index is 6.28. The van der Waals surface area contributed by atoms with Crippen molar-refractivity contribution in [2.24, 2.45) is 0 Å². The van der Waals surface area contributed by atoms with E-state index in [-0.39, 0.29) is 0 Å². The van der Waals surface area contributed by atoms with Gasteiger partial charge in [0.05, 0.1) is 5.02 Å². The average molecular weight is 406 g/mol. The summed E-state index contributed by atoms with van der Waals surface area (Å²) in [5.74, 6) is 2.08. The van der Waals surface area contributed by atoms with E-state index in [1.54, 1.807) is 23.1 Å². The molecular formula is C18H16ClN3O2S2. The third-order valence-electron chi connectivity index (χ3n) is 3.71. The summed E-state index contributed by atoms with van der Waals surface area (Å²) in [5.41, 5.74) is 2.28. The smallest absolute Gasteiger partial charge is 0.206 e. The van der Waals surface area contributed by atoms with Crippen molar-refractivity contribution in [3.63, 3.8) is 0 Å². The molecule has 0 saturated heterocycles. The molecule has 4 rings (SSSR count). The topological polar surface area (TPSA) is 56.3 Å². The Morgan fingerprint density at radius 1 is 1.08 bits per heavy atom. The van der Waals surface area contributed by atoms with Gasteiger partial charge in [0.2, 0.25) is 5.13 Å². The van der Waals surface area contributed by atoms with E-state index >= 15 is 0 Å². The summed E-state index contributed by atoms with van der Waals surface area (Å²) < 4.78 is 12.1. The Labute approximate surface area is 164 Å². The van der Waals surface area contributed by atoms with Crippen LogP contribution in [0.25, 0.3) is 0 Å². The zero-order valence-electron chi connectivity index (χ0n) is 13.8. The summed E-state index contributed by atoms with van der Waals surface area (Å²) in [4.78, 5) is 0. The first-order chi connectivity index (χ1) is 12.8. The van der Waals surface area contributed by atoms with Crippen LogP contribution in [0.4, 0.5) is 5.13 Å². The lowest BCUT2D eigenvalue weighted by atomic mass is 10.2. The third-order valence-corrected chi connectivity index (χ3v) is 6.08. The zero-order valence-corrected chi connectivity index (χ0v) is 16.2. The predicted octanol–water partition coefficient (Wildman–Crippen LogP) is 4.87. The van der Waals surface area contributed by atoms with E-state index in [9.17, 15) is 0 Å². The van der Waals surface area contributed by atoms with E-state index < -0.39 is 0 Å². The fourth-order valence-electron chi connectivity index (χ4n) is 2.51. The highest BCUT2D eigenvalue weighted by Crippen LogP contribution is 2.40. The maximum absolute atomic E-state index is 6.28. The molecule has 1 N–H and O–H groups in total. The van der Waals surface area contributed by atoms with E-state index in [2.05, 4.69) is 27.6 Å². The molecule has 1 aliphatic rings. The number of rotatable bonds is 6. The summed E-state index contributed by atoms with van der Waals surface area (Å²) in [7, 11) is 0. The second-order valence-corrected chi connectivity index (χ2v) is 8.21. The van der Waals surface area contributed by atoms with Crippen molar-refractivity contribution in [2.45, 2.75) is 16.6 Å². The number of fused-ring (bicyclic) bond motifs is 1. The molecule has 3 aromatic rings. The van der Waals surface area contributed by atoms with Crippen molar-refractivity contribution in [2.75, 3.05) is 18.5 Å². The van der Waals surface area contributed by atoms with Gasteiger partial charge >= 0.3 is 0 Å². The monoisotopic (exact) mass is 405 g/mol. The van der Waals surface area contributed by atoms with Gasteiger partial charge < -0.3 is 14.8 Å². The fraction of sp³-hybridized carbons (Fsp3) is 0.222. The number of hydrogen-bond donors (Lipinski definition) is 1. The SMILES string of the molecule is Clc1cc(CSc2nnc(NCc3ccccc3)s2)cc2c1OCCO2. The van der Waals surface area contributed by atoms with Gasteiger partial charge in [-0.3, -0.25) is 0 Å². The van der Waals surface area contributed by atoms with Crippen LogP contribution in [0, 0.1) is 0 Å². The number of nitrogens with one attached hydrogen (secondary N) is 1. The number of anilines is 1. The number of nitrogens with zero attached hydrogens (tertiary/aromatic N) is 2. The number of thioether (sulfide) groups is 1. The number of aromatic nitrogens is 2. The van der Waals surface area contributed by atoms with E-state index in [4.69, 9.17) is 21.1 Å². The van der Waals surface area contributed by atoms with Crippen molar-refractivity contribution in [1.29, 1.82) is 0 Å². The second-order valence-electron chi connectivity index (χ2n) is 5.60. The molecule has 0 aliphatic carbocycles. The Hall–Kier alpha value is -1.96. The van der Waals surface area contributed by atoms with Crippen molar-refractivity contribution >= 4 is 39.8 Å². The predicted molar refractivity (Wildman–Crippen MR) is 106 cm³/mol. The molecule has 0 radical (unpaired) electrons. The molecule has 1 aromatic heterocycles. The number of hydrogen-bond acceptors (Lipinski definition) is 7. The standard InChI is InChI=1S/C18H16ClN3O2S2/c19-14-8-13(9-15-16(14)24-7-6-23-15)11-25-18-22-21-17(26-18)20-10-12-4-2-1-3-5-12/h1-5,8-9H,6-7,10-11H2,(H,20,21). The van der Waals surface area contributed by atoms with Gasteiger partial charge in [-0.25, -0.2) is 0 Å². The molecule has 0 fully saturated rings. The van der Waals surface area contributed by atoms with Gasteiger partial charge in [0.15, 0.2) is 15.8 Å². The minimum atomic E-state index is 0.532. The summed E-state index contributed by atoms with van der Waals surface area (Å²) in [6, 6.07) is 14.1. The molecule has 0 amide bonds. The van der Waals surface area contributed by atoms with Gasteiger partial charge in [-0.2, -0.15) is 0 Å². The molecule has 2 heterocycles. The third kappa shape index (κ3) is 4.23. The van der Waals surface area contributed by atoms with E-state index in [1.165, 1.54) is 5.56 Å². The molecule has 2 aromatic carbocycles. The molecule has 1 aliphatic heterocycles. The highest BCUT2D eigenvalue weighted by Gasteiger charge is 2.17.